The Labute approximate surface area is 136 Å². The highest BCUT2D eigenvalue weighted by Crippen LogP contribution is 2.29. The van der Waals surface area contributed by atoms with Gasteiger partial charge in [-0.05, 0) is 49.9 Å². The summed E-state index contributed by atoms with van der Waals surface area (Å²) in [5, 5.41) is 10.1. The molecule has 2 heterocycles. The molecule has 0 saturated carbocycles. The average molecular weight is 366 g/mol. The lowest BCUT2D eigenvalue weighted by molar-refractivity contribution is -0.143. The molecule has 1 fully saturated rings. The van der Waals surface area contributed by atoms with Crippen LogP contribution in [0.1, 0.15) is 35.4 Å². The van der Waals surface area contributed by atoms with E-state index in [4.69, 9.17) is 4.42 Å². The van der Waals surface area contributed by atoms with Crippen molar-refractivity contribution in [2.45, 2.75) is 32.2 Å². The number of piperidine rings is 1. The Morgan fingerprint density at radius 3 is 2.82 bits per heavy atom. The average Bonchev–Trinajstić information content (AvgIpc) is 2.90. The van der Waals surface area contributed by atoms with Crippen molar-refractivity contribution in [1.82, 2.24) is 4.90 Å². The predicted molar refractivity (Wildman–Crippen MR) is 85.0 cm³/mol. The second-order valence-corrected chi connectivity index (χ2v) is 6.52. The molecule has 6 heteroatoms. The van der Waals surface area contributed by atoms with Crippen molar-refractivity contribution >= 4 is 38.8 Å². The lowest BCUT2D eigenvalue weighted by atomic mass is 10.0. The van der Waals surface area contributed by atoms with Gasteiger partial charge in [-0.15, -0.1) is 0 Å². The number of fused-ring (bicyclic) bond motifs is 1. The van der Waals surface area contributed by atoms with Gasteiger partial charge < -0.3 is 14.4 Å². The van der Waals surface area contributed by atoms with Crippen molar-refractivity contribution in [3.8, 4) is 0 Å². The van der Waals surface area contributed by atoms with E-state index in [0.29, 0.717) is 18.5 Å². The van der Waals surface area contributed by atoms with Crippen LogP contribution in [0, 0.1) is 6.92 Å². The van der Waals surface area contributed by atoms with Crippen molar-refractivity contribution < 1.29 is 19.1 Å². The van der Waals surface area contributed by atoms with Crippen LogP contribution in [-0.4, -0.2) is 34.5 Å². The highest BCUT2D eigenvalue weighted by molar-refractivity contribution is 9.10. The van der Waals surface area contributed by atoms with E-state index < -0.39 is 12.0 Å². The van der Waals surface area contributed by atoms with Gasteiger partial charge in [0.2, 0.25) is 0 Å². The third-order valence-corrected chi connectivity index (χ3v) is 4.48. The number of hydrogen-bond donors (Lipinski definition) is 1. The van der Waals surface area contributed by atoms with Crippen LogP contribution in [0.2, 0.25) is 0 Å². The van der Waals surface area contributed by atoms with Gasteiger partial charge >= 0.3 is 5.97 Å². The number of aryl methyl sites for hydroxylation is 1. The zero-order valence-corrected chi connectivity index (χ0v) is 13.7. The number of furan rings is 1. The first-order chi connectivity index (χ1) is 10.5. The maximum atomic E-state index is 12.6. The number of aliphatic carboxylic acids is 1. The van der Waals surface area contributed by atoms with Gasteiger partial charge in [-0.3, -0.25) is 4.79 Å². The first-order valence-electron chi connectivity index (χ1n) is 7.21. The Bertz CT molecular complexity index is 752. The van der Waals surface area contributed by atoms with Gasteiger partial charge in [0, 0.05) is 16.4 Å². The summed E-state index contributed by atoms with van der Waals surface area (Å²) in [5.41, 5.74) is 1.59. The number of halogens is 1. The topological polar surface area (TPSA) is 70.8 Å². The maximum Gasteiger partial charge on any atom is 0.326 e. The molecule has 22 heavy (non-hydrogen) atoms. The van der Waals surface area contributed by atoms with Crippen LogP contribution in [0.15, 0.2) is 27.1 Å². The molecule has 3 rings (SSSR count). The molecule has 0 spiro atoms. The Balaban J connectivity index is 1.97. The fourth-order valence-corrected chi connectivity index (χ4v) is 3.55. The van der Waals surface area contributed by atoms with Gasteiger partial charge in [-0.2, -0.15) is 0 Å². The molecule has 1 aromatic carbocycles. The number of carboxylic acid groups (broad SMARTS) is 1. The largest absolute Gasteiger partial charge is 0.480 e. The molecular weight excluding hydrogens is 350 g/mol. The second-order valence-electron chi connectivity index (χ2n) is 5.60. The molecule has 1 saturated heterocycles. The van der Waals surface area contributed by atoms with Crippen LogP contribution in [0.3, 0.4) is 0 Å². The number of carbonyl (C=O) groups is 2. The second kappa shape index (κ2) is 5.76. The monoisotopic (exact) mass is 365 g/mol. The van der Waals surface area contributed by atoms with E-state index >= 15 is 0 Å². The van der Waals surface area contributed by atoms with Gasteiger partial charge in [0.15, 0.2) is 5.76 Å². The Hall–Kier alpha value is -1.82. The minimum Gasteiger partial charge on any atom is -0.480 e. The number of hydrogen-bond acceptors (Lipinski definition) is 3. The number of benzene rings is 1. The summed E-state index contributed by atoms with van der Waals surface area (Å²) in [6.45, 7) is 2.36. The van der Waals surface area contributed by atoms with Gasteiger partial charge in [-0.25, -0.2) is 4.79 Å². The van der Waals surface area contributed by atoms with Crippen molar-refractivity contribution in [3.05, 3.63) is 34.0 Å². The number of rotatable bonds is 2. The van der Waals surface area contributed by atoms with Crippen LogP contribution < -0.4 is 0 Å². The van der Waals surface area contributed by atoms with E-state index in [1.165, 1.54) is 4.90 Å². The van der Waals surface area contributed by atoms with Crippen molar-refractivity contribution in [3.63, 3.8) is 0 Å². The van der Waals surface area contributed by atoms with Crippen molar-refractivity contribution in [2.24, 2.45) is 0 Å². The molecule has 1 amide bonds. The van der Waals surface area contributed by atoms with Crippen LogP contribution in [0.4, 0.5) is 0 Å². The van der Waals surface area contributed by atoms with E-state index in [1.54, 1.807) is 6.07 Å². The molecule has 5 nitrogen and oxygen atoms in total. The van der Waals surface area contributed by atoms with Crippen LogP contribution in [-0.2, 0) is 4.79 Å². The summed E-state index contributed by atoms with van der Waals surface area (Å²) >= 11 is 3.42. The maximum absolute atomic E-state index is 12.6. The van der Waals surface area contributed by atoms with Gasteiger partial charge in [0.05, 0.1) is 0 Å². The number of carboxylic acids is 1. The molecule has 1 N–H and O–H groups in total. The summed E-state index contributed by atoms with van der Waals surface area (Å²) in [7, 11) is 0. The molecule has 116 valence electrons. The van der Waals surface area contributed by atoms with E-state index in [0.717, 1.165) is 28.3 Å². The van der Waals surface area contributed by atoms with Crippen LogP contribution in [0.5, 0.6) is 0 Å². The number of likely N-dealkylation sites (tertiary alicyclic amines) is 1. The van der Waals surface area contributed by atoms with Crippen LogP contribution in [0.25, 0.3) is 11.0 Å². The molecule has 1 aromatic heterocycles. The van der Waals surface area contributed by atoms with E-state index in [2.05, 4.69) is 15.9 Å². The summed E-state index contributed by atoms with van der Waals surface area (Å²) in [4.78, 5) is 25.4. The third-order valence-electron chi connectivity index (χ3n) is 4.03. The Morgan fingerprint density at radius 1 is 1.32 bits per heavy atom. The molecule has 0 aliphatic carbocycles. The Morgan fingerprint density at radius 2 is 2.09 bits per heavy atom. The minimum atomic E-state index is -0.955. The molecule has 0 radical (unpaired) electrons. The summed E-state index contributed by atoms with van der Waals surface area (Å²) in [6, 6.07) is 4.72. The number of carbonyl (C=O) groups excluding carboxylic acids is 1. The lowest BCUT2D eigenvalue weighted by Gasteiger charge is -2.32. The molecule has 0 bridgehead atoms. The van der Waals surface area contributed by atoms with Gasteiger partial charge in [0.25, 0.3) is 5.91 Å². The zero-order chi connectivity index (χ0) is 15.9. The van der Waals surface area contributed by atoms with Crippen molar-refractivity contribution in [2.75, 3.05) is 6.54 Å². The molecule has 2 aromatic rings. The lowest BCUT2D eigenvalue weighted by Crippen LogP contribution is -2.47. The smallest absolute Gasteiger partial charge is 0.326 e. The predicted octanol–water partition coefficient (Wildman–Crippen LogP) is 3.58. The molecule has 1 aliphatic rings. The summed E-state index contributed by atoms with van der Waals surface area (Å²) < 4.78 is 6.61. The Kier molecular flexibility index (Phi) is 3.95. The van der Waals surface area contributed by atoms with Crippen LogP contribution >= 0.6 is 15.9 Å². The summed E-state index contributed by atoms with van der Waals surface area (Å²) in [6.07, 6.45) is 2.14. The van der Waals surface area contributed by atoms with E-state index in [9.17, 15) is 14.7 Å². The number of nitrogens with zero attached hydrogens (tertiary/aromatic N) is 1. The molecule has 1 unspecified atom stereocenters. The molecule has 1 aliphatic heterocycles. The van der Waals surface area contributed by atoms with Gasteiger partial charge in [-0.1, -0.05) is 15.9 Å². The third kappa shape index (κ3) is 2.63. The first-order valence-corrected chi connectivity index (χ1v) is 8.00. The van der Waals surface area contributed by atoms with E-state index in [-0.39, 0.29) is 11.7 Å². The SMILES string of the molecule is Cc1cc(Br)cc2cc(C(=O)N3CCCCC3C(=O)O)oc12. The molecular formula is C16H16BrNO4. The minimum absolute atomic E-state index is 0.198. The quantitative estimate of drug-likeness (QED) is 0.882. The normalized spacial score (nSPS) is 18.6. The highest BCUT2D eigenvalue weighted by atomic mass is 79.9. The highest BCUT2D eigenvalue weighted by Gasteiger charge is 2.33. The molecule has 1 atom stereocenters. The first kappa shape index (κ1) is 15.1. The fourth-order valence-electron chi connectivity index (χ4n) is 2.96. The fraction of sp³-hybridized carbons (Fsp3) is 0.375. The van der Waals surface area contributed by atoms with E-state index in [1.807, 2.05) is 19.1 Å². The van der Waals surface area contributed by atoms with Crippen molar-refractivity contribution in [1.29, 1.82) is 0 Å². The number of amides is 1. The summed E-state index contributed by atoms with van der Waals surface area (Å²) in [5.74, 6) is -1.11. The van der Waals surface area contributed by atoms with Gasteiger partial charge in [0.1, 0.15) is 11.6 Å². The standard InChI is InChI=1S/C16H16BrNO4/c1-9-6-11(17)7-10-8-13(22-14(9)10)15(19)18-5-3-2-4-12(18)16(20)21/h6-8,12H,2-5H2,1H3,(H,20,21). The zero-order valence-electron chi connectivity index (χ0n) is 12.1.